The van der Waals surface area contributed by atoms with Crippen molar-refractivity contribution < 1.29 is 42.9 Å². The lowest BCUT2D eigenvalue weighted by atomic mass is 9.77. The fourth-order valence-electron chi connectivity index (χ4n) is 8.55. The van der Waals surface area contributed by atoms with E-state index in [-0.39, 0.29) is 35.8 Å². The van der Waals surface area contributed by atoms with E-state index < -0.39 is 46.4 Å². The lowest BCUT2D eigenvalue weighted by Crippen LogP contribution is -2.39. The van der Waals surface area contributed by atoms with Gasteiger partial charge in [-0.15, -0.1) is 0 Å². The predicted molar refractivity (Wildman–Crippen MR) is 231 cm³/mol. The van der Waals surface area contributed by atoms with E-state index in [0.717, 1.165) is 16.7 Å². The van der Waals surface area contributed by atoms with Crippen molar-refractivity contribution in [3.05, 3.63) is 59.2 Å². The molecule has 0 saturated carbocycles. The molecule has 13 heteroatoms. The average Bonchev–Trinajstić information content (AvgIpc) is 3.86. The monoisotopic (exact) mass is 832 g/mol. The van der Waals surface area contributed by atoms with Gasteiger partial charge in [-0.25, -0.2) is 14.4 Å². The van der Waals surface area contributed by atoms with E-state index in [9.17, 15) is 24.0 Å². The van der Waals surface area contributed by atoms with E-state index in [1.807, 2.05) is 119 Å². The van der Waals surface area contributed by atoms with Crippen LogP contribution >= 0.6 is 0 Å². The summed E-state index contributed by atoms with van der Waals surface area (Å²) in [6, 6.07) is 12.8. The van der Waals surface area contributed by atoms with Gasteiger partial charge in [0.2, 0.25) is 0 Å². The van der Waals surface area contributed by atoms with Crippen molar-refractivity contribution in [2.24, 2.45) is 23.7 Å². The second kappa shape index (κ2) is 18.0. The van der Waals surface area contributed by atoms with Crippen molar-refractivity contribution in [2.75, 3.05) is 36.8 Å². The molecule has 0 bridgehead atoms. The van der Waals surface area contributed by atoms with Crippen LogP contribution < -0.4 is 10.6 Å². The molecule has 2 unspecified atom stereocenters. The van der Waals surface area contributed by atoms with Crippen LogP contribution in [0.15, 0.2) is 42.5 Å². The number of carbonyl (C=O) groups excluding carboxylic acids is 5. The topological polar surface area (TPSA) is 153 Å². The Morgan fingerprint density at radius 3 is 1.77 bits per heavy atom. The third kappa shape index (κ3) is 12.8. The number of urea groups is 1. The molecule has 1 aliphatic carbocycles. The van der Waals surface area contributed by atoms with Crippen LogP contribution in [0.3, 0.4) is 0 Å². The number of nitrogens with zero attached hydrogens (tertiary/aromatic N) is 2. The van der Waals surface area contributed by atoms with Crippen LogP contribution in [0, 0.1) is 23.7 Å². The number of rotatable bonds is 9. The molecule has 330 valence electrons. The van der Waals surface area contributed by atoms with Gasteiger partial charge >= 0.3 is 30.2 Å². The summed E-state index contributed by atoms with van der Waals surface area (Å²) in [4.78, 5) is 70.5. The van der Waals surface area contributed by atoms with E-state index in [0.29, 0.717) is 69.7 Å². The fourth-order valence-corrected chi connectivity index (χ4v) is 8.55. The molecular weight excluding hydrogens is 765 g/mol. The number of esters is 2. The SMILES string of the molecule is CC(C)(C)OC(=O)C(C1CCc2c(NC(=O)Nc3cccc(C[C@H](C(=O)OC(C)(C)C)[C@H]4CCN(C(=O)OC(C)(C)C)C4)c3)cccc21)[C@H]1CCN(C(=O)OC(C)(C)C)C1. The predicted octanol–water partition coefficient (Wildman–Crippen LogP) is 9.33. The van der Waals surface area contributed by atoms with E-state index in [1.165, 1.54) is 0 Å². The molecule has 3 aliphatic rings. The minimum atomic E-state index is -0.686. The Labute approximate surface area is 356 Å². The van der Waals surface area contributed by atoms with Crippen molar-refractivity contribution in [1.29, 1.82) is 0 Å². The smallest absolute Gasteiger partial charge is 0.410 e. The quantitative estimate of drug-likeness (QED) is 0.186. The van der Waals surface area contributed by atoms with E-state index in [1.54, 1.807) is 15.9 Å². The number of anilines is 2. The molecule has 13 nitrogen and oxygen atoms in total. The van der Waals surface area contributed by atoms with Crippen LogP contribution in [0.4, 0.5) is 25.8 Å². The van der Waals surface area contributed by atoms with Gasteiger partial charge in [0, 0.05) is 37.6 Å². The van der Waals surface area contributed by atoms with Crippen LogP contribution in [0.5, 0.6) is 0 Å². The summed E-state index contributed by atoms with van der Waals surface area (Å²) in [6.07, 6.45) is 2.22. The number of ether oxygens (including phenoxy) is 4. The first kappa shape index (κ1) is 46.3. The lowest BCUT2D eigenvalue weighted by Gasteiger charge is -2.31. The Balaban J connectivity index is 1.29. The molecule has 2 saturated heterocycles. The van der Waals surface area contributed by atoms with Gasteiger partial charge in [0.05, 0.1) is 11.8 Å². The number of likely N-dealkylation sites (tertiary alicyclic amines) is 2. The van der Waals surface area contributed by atoms with Gasteiger partial charge in [0.25, 0.3) is 0 Å². The van der Waals surface area contributed by atoms with Crippen LogP contribution in [0.25, 0.3) is 0 Å². The van der Waals surface area contributed by atoms with Crippen molar-refractivity contribution >= 4 is 41.5 Å². The summed E-state index contributed by atoms with van der Waals surface area (Å²) >= 11 is 0. The van der Waals surface area contributed by atoms with Crippen LogP contribution in [-0.2, 0) is 41.4 Å². The van der Waals surface area contributed by atoms with Crippen molar-refractivity contribution in [1.82, 2.24) is 9.80 Å². The first-order chi connectivity index (χ1) is 27.7. The molecule has 2 aromatic rings. The molecule has 60 heavy (non-hydrogen) atoms. The summed E-state index contributed by atoms with van der Waals surface area (Å²) in [5.41, 5.74) is 1.39. The Morgan fingerprint density at radius 2 is 1.18 bits per heavy atom. The zero-order valence-corrected chi connectivity index (χ0v) is 37.9. The molecule has 2 aliphatic heterocycles. The van der Waals surface area contributed by atoms with Gasteiger partial charge in [-0.05, 0) is 168 Å². The standard InChI is InChI=1S/C47H68N4O9/c1-44(2,3)57-39(52)36(30-21-23-50(27-30)42(55)59-46(7,8)9)26-29-15-13-16-32(25-29)48-41(54)49-37-18-14-17-33-34(37)19-20-35(33)38(40(53)58-45(4,5)6)31-22-24-51(28-31)43(56)60-47(10,11)12/h13-18,25,30-31,35-36,38H,19-24,26-28H2,1-12H3,(H2,48,49,54)/t30-,31-,35?,36-,38?/m0/s1. The Morgan fingerprint density at radius 1 is 0.650 bits per heavy atom. The maximum Gasteiger partial charge on any atom is 0.410 e. The molecule has 2 N–H and O–H groups in total. The molecule has 4 amide bonds. The maximum atomic E-state index is 14.0. The van der Waals surface area contributed by atoms with Crippen LogP contribution in [0.1, 0.15) is 125 Å². The zero-order valence-electron chi connectivity index (χ0n) is 37.9. The molecule has 0 radical (unpaired) electrons. The maximum absolute atomic E-state index is 14.0. The highest BCUT2D eigenvalue weighted by atomic mass is 16.6. The number of carbonyl (C=O) groups is 5. The van der Waals surface area contributed by atoms with E-state index in [4.69, 9.17) is 18.9 Å². The number of benzene rings is 2. The van der Waals surface area contributed by atoms with Crippen molar-refractivity contribution in [3.63, 3.8) is 0 Å². The molecule has 0 aromatic heterocycles. The third-order valence-electron chi connectivity index (χ3n) is 10.9. The summed E-state index contributed by atoms with van der Waals surface area (Å²) in [5, 5.41) is 6.02. The Kier molecular flexibility index (Phi) is 13.9. The molecule has 2 heterocycles. The molecule has 0 spiro atoms. The molecule has 2 fully saturated rings. The van der Waals surface area contributed by atoms with Crippen LogP contribution in [-0.4, -0.2) is 88.5 Å². The summed E-state index contributed by atoms with van der Waals surface area (Å²) < 4.78 is 23.1. The average molecular weight is 833 g/mol. The highest BCUT2D eigenvalue weighted by Gasteiger charge is 2.46. The van der Waals surface area contributed by atoms with Gasteiger partial charge in [-0.3, -0.25) is 9.59 Å². The van der Waals surface area contributed by atoms with Gasteiger partial charge in [-0.1, -0.05) is 24.3 Å². The number of amides is 4. The minimum Gasteiger partial charge on any atom is -0.460 e. The second-order valence-corrected chi connectivity index (χ2v) is 20.7. The van der Waals surface area contributed by atoms with Gasteiger partial charge < -0.3 is 39.4 Å². The van der Waals surface area contributed by atoms with Crippen molar-refractivity contribution in [3.8, 4) is 0 Å². The second-order valence-electron chi connectivity index (χ2n) is 20.7. The number of hydrogen-bond acceptors (Lipinski definition) is 9. The molecular formula is C47H68N4O9. The summed E-state index contributed by atoms with van der Waals surface area (Å²) in [6.45, 7) is 23.9. The van der Waals surface area contributed by atoms with Gasteiger partial charge in [0.15, 0.2) is 0 Å². The Hall–Kier alpha value is -4.81. The van der Waals surface area contributed by atoms with Gasteiger partial charge in [-0.2, -0.15) is 0 Å². The number of hydrogen-bond donors (Lipinski definition) is 2. The Bertz CT molecular complexity index is 1900. The number of fused-ring (bicyclic) bond motifs is 1. The first-order valence-electron chi connectivity index (χ1n) is 21.5. The summed E-state index contributed by atoms with van der Waals surface area (Å²) in [5.74, 6) is -2.03. The first-order valence-corrected chi connectivity index (χ1v) is 21.5. The number of nitrogens with one attached hydrogen (secondary N) is 2. The summed E-state index contributed by atoms with van der Waals surface area (Å²) in [7, 11) is 0. The van der Waals surface area contributed by atoms with E-state index >= 15 is 0 Å². The molecule has 5 rings (SSSR count). The largest absolute Gasteiger partial charge is 0.460 e. The van der Waals surface area contributed by atoms with E-state index in [2.05, 4.69) is 10.6 Å². The lowest BCUT2D eigenvalue weighted by molar-refractivity contribution is -0.163. The van der Waals surface area contributed by atoms with Crippen molar-refractivity contribution in [2.45, 2.75) is 144 Å². The minimum absolute atomic E-state index is 0.122. The van der Waals surface area contributed by atoms with Gasteiger partial charge in [0.1, 0.15) is 22.4 Å². The molecule has 2 aromatic carbocycles. The third-order valence-corrected chi connectivity index (χ3v) is 10.9. The molecule has 5 atom stereocenters. The van der Waals surface area contributed by atoms with Crippen LogP contribution in [0.2, 0.25) is 0 Å². The fraction of sp³-hybridized carbons (Fsp3) is 0.638. The zero-order chi connectivity index (χ0) is 44.4. The normalized spacial score (nSPS) is 20.5. The highest BCUT2D eigenvalue weighted by molar-refractivity contribution is 6.00. The highest BCUT2D eigenvalue weighted by Crippen LogP contribution is 2.47.